The van der Waals surface area contributed by atoms with Gasteiger partial charge in [0, 0.05) is 37.9 Å². The van der Waals surface area contributed by atoms with E-state index in [4.69, 9.17) is 4.74 Å². The molecule has 2 amide bonds. The zero-order chi connectivity index (χ0) is 20.5. The van der Waals surface area contributed by atoms with Gasteiger partial charge in [-0.15, -0.1) is 0 Å². The van der Waals surface area contributed by atoms with E-state index < -0.39 is 0 Å². The zero-order valence-corrected chi connectivity index (χ0v) is 16.1. The van der Waals surface area contributed by atoms with E-state index >= 15 is 0 Å². The van der Waals surface area contributed by atoms with Crippen LogP contribution in [0, 0.1) is 0 Å². The summed E-state index contributed by atoms with van der Waals surface area (Å²) in [5.41, 5.74) is 2.56. The Morgan fingerprint density at radius 3 is 2.41 bits per heavy atom. The lowest BCUT2D eigenvalue weighted by Crippen LogP contribution is -2.27. The Kier molecular flexibility index (Phi) is 6.89. The molecule has 0 spiro atoms. The quantitative estimate of drug-likeness (QED) is 0.616. The maximum absolute atomic E-state index is 12.4. The summed E-state index contributed by atoms with van der Waals surface area (Å²) < 4.78 is 5.31. The van der Waals surface area contributed by atoms with Crippen molar-refractivity contribution in [2.24, 2.45) is 0 Å². The van der Waals surface area contributed by atoms with E-state index in [0.29, 0.717) is 30.6 Å². The van der Waals surface area contributed by atoms with E-state index in [2.05, 4.69) is 20.6 Å². The van der Waals surface area contributed by atoms with Crippen LogP contribution in [-0.2, 0) is 13.0 Å². The summed E-state index contributed by atoms with van der Waals surface area (Å²) in [6.07, 6.45) is 6.87. The number of para-hydroxylation sites is 1. The molecule has 0 atom stereocenters. The monoisotopic (exact) mass is 390 g/mol. The number of carbonyl (C=O) groups excluding carboxylic acids is 2. The normalized spacial score (nSPS) is 10.2. The van der Waals surface area contributed by atoms with Crippen LogP contribution in [-0.4, -0.2) is 35.4 Å². The molecule has 0 aliphatic carbocycles. The van der Waals surface area contributed by atoms with E-state index in [9.17, 15) is 9.59 Å². The van der Waals surface area contributed by atoms with Crippen LogP contribution in [0.5, 0.6) is 5.75 Å². The maximum Gasteiger partial charge on any atom is 0.253 e. The van der Waals surface area contributed by atoms with Crippen molar-refractivity contribution in [3.63, 3.8) is 0 Å². The minimum Gasteiger partial charge on any atom is -0.496 e. The summed E-state index contributed by atoms with van der Waals surface area (Å²) in [5, 5.41) is 5.64. The summed E-state index contributed by atoms with van der Waals surface area (Å²) >= 11 is 0. The van der Waals surface area contributed by atoms with Crippen molar-refractivity contribution < 1.29 is 14.3 Å². The first-order valence-corrected chi connectivity index (χ1v) is 9.19. The van der Waals surface area contributed by atoms with E-state index in [1.165, 1.54) is 18.5 Å². The summed E-state index contributed by atoms with van der Waals surface area (Å²) in [6.45, 7) is 0.790. The number of hydrogen-bond acceptors (Lipinski definition) is 5. The van der Waals surface area contributed by atoms with Crippen molar-refractivity contribution in [3.8, 4) is 5.75 Å². The molecule has 0 radical (unpaired) electrons. The topological polar surface area (TPSA) is 93.2 Å². The second kappa shape index (κ2) is 9.98. The summed E-state index contributed by atoms with van der Waals surface area (Å²) in [7, 11) is 1.62. The lowest BCUT2D eigenvalue weighted by atomic mass is 10.1. The number of pyridine rings is 2. The van der Waals surface area contributed by atoms with Crippen molar-refractivity contribution in [1.29, 1.82) is 0 Å². The largest absolute Gasteiger partial charge is 0.496 e. The second-order valence-electron chi connectivity index (χ2n) is 6.32. The van der Waals surface area contributed by atoms with Gasteiger partial charge in [-0.25, -0.2) is 0 Å². The van der Waals surface area contributed by atoms with Crippen LogP contribution in [0.1, 0.15) is 31.8 Å². The molecule has 0 bridgehead atoms. The first kappa shape index (κ1) is 20.0. The molecule has 1 aromatic carbocycles. The molecular formula is C22H22N4O3. The third-order valence-corrected chi connectivity index (χ3v) is 4.31. The number of carbonyl (C=O) groups is 2. The SMILES string of the molecule is COc1ccccc1CCNC(=O)c1cncc(C(=O)NCc2cccnc2)c1. The van der Waals surface area contributed by atoms with Gasteiger partial charge in [0.25, 0.3) is 11.8 Å². The number of hydrogen-bond donors (Lipinski definition) is 2. The highest BCUT2D eigenvalue weighted by Gasteiger charge is 2.11. The Morgan fingerprint density at radius 1 is 0.931 bits per heavy atom. The number of rotatable bonds is 8. The van der Waals surface area contributed by atoms with Gasteiger partial charge >= 0.3 is 0 Å². The molecule has 3 rings (SSSR count). The van der Waals surface area contributed by atoms with Crippen LogP contribution in [0.4, 0.5) is 0 Å². The Hall–Kier alpha value is -3.74. The molecule has 2 heterocycles. The van der Waals surface area contributed by atoms with Crippen LogP contribution in [0.25, 0.3) is 0 Å². The molecule has 0 aliphatic rings. The van der Waals surface area contributed by atoms with Gasteiger partial charge < -0.3 is 15.4 Å². The third-order valence-electron chi connectivity index (χ3n) is 4.31. The number of nitrogens with zero attached hydrogens (tertiary/aromatic N) is 2. The first-order valence-electron chi connectivity index (χ1n) is 9.19. The van der Waals surface area contributed by atoms with E-state index in [0.717, 1.165) is 16.9 Å². The average Bonchev–Trinajstić information content (AvgIpc) is 2.78. The highest BCUT2D eigenvalue weighted by atomic mass is 16.5. The van der Waals surface area contributed by atoms with Gasteiger partial charge in [0.05, 0.1) is 18.2 Å². The van der Waals surface area contributed by atoms with Gasteiger partial charge in [0.2, 0.25) is 0 Å². The minimum absolute atomic E-state index is 0.283. The summed E-state index contributed by atoms with van der Waals surface area (Å²) in [5.74, 6) is 0.204. The van der Waals surface area contributed by atoms with Crippen molar-refractivity contribution in [2.45, 2.75) is 13.0 Å². The van der Waals surface area contributed by atoms with Gasteiger partial charge in [-0.3, -0.25) is 19.6 Å². The smallest absolute Gasteiger partial charge is 0.253 e. The van der Waals surface area contributed by atoms with Gasteiger partial charge in [0.1, 0.15) is 5.75 Å². The Morgan fingerprint density at radius 2 is 1.69 bits per heavy atom. The van der Waals surface area contributed by atoms with Crippen LogP contribution < -0.4 is 15.4 Å². The molecule has 0 aliphatic heterocycles. The van der Waals surface area contributed by atoms with E-state index in [1.54, 1.807) is 25.6 Å². The van der Waals surface area contributed by atoms with Crippen LogP contribution in [0.2, 0.25) is 0 Å². The molecule has 2 aromatic heterocycles. The molecule has 7 nitrogen and oxygen atoms in total. The Balaban J connectivity index is 1.55. The predicted molar refractivity (Wildman–Crippen MR) is 109 cm³/mol. The number of methoxy groups -OCH3 is 1. The molecular weight excluding hydrogens is 368 g/mol. The van der Waals surface area contributed by atoms with E-state index in [-0.39, 0.29) is 11.8 Å². The molecule has 0 saturated carbocycles. The fraction of sp³-hybridized carbons (Fsp3) is 0.182. The molecule has 0 fully saturated rings. The second-order valence-corrected chi connectivity index (χ2v) is 6.32. The van der Waals surface area contributed by atoms with Crippen LogP contribution in [0.15, 0.2) is 67.3 Å². The van der Waals surface area contributed by atoms with Crippen molar-refractivity contribution in [3.05, 3.63) is 89.5 Å². The summed E-state index contributed by atoms with van der Waals surface area (Å²) in [4.78, 5) is 32.8. The van der Waals surface area contributed by atoms with Gasteiger partial charge in [-0.05, 0) is 35.7 Å². The minimum atomic E-state index is -0.301. The fourth-order valence-corrected chi connectivity index (χ4v) is 2.80. The molecule has 3 aromatic rings. The molecule has 29 heavy (non-hydrogen) atoms. The number of amides is 2. The lowest BCUT2D eigenvalue weighted by Gasteiger charge is -2.10. The predicted octanol–water partition coefficient (Wildman–Crippen LogP) is 2.39. The van der Waals surface area contributed by atoms with Crippen LogP contribution >= 0.6 is 0 Å². The van der Waals surface area contributed by atoms with Crippen molar-refractivity contribution in [2.75, 3.05) is 13.7 Å². The number of nitrogens with one attached hydrogen (secondary N) is 2. The van der Waals surface area contributed by atoms with Gasteiger partial charge in [0.15, 0.2) is 0 Å². The van der Waals surface area contributed by atoms with E-state index in [1.807, 2.05) is 30.3 Å². The molecule has 0 saturated heterocycles. The average molecular weight is 390 g/mol. The standard InChI is InChI=1S/C22H22N4O3/c1-29-20-7-3-2-6-17(20)8-10-25-21(27)18-11-19(15-24-14-18)22(28)26-13-16-5-4-9-23-12-16/h2-7,9,11-12,14-15H,8,10,13H2,1H3,(H,25,27)(H,26,28). The fourth-order valence-electron chi connectivity index (χ4n) is 2.80. The first-order chi connectivity index (χ1) is 14.2. The third kappa shape index (κ3) is 5.62. The Labute approximate surface area is 169 Å². The number of ether oxygens (including phenoxy) is 1. The molecule has 0 unspecified atom stereocenters. The number of benzene rings is 1. The van der Waals surface area contributed by atoms with Gasteiger partial charge in [-0.1, -0.05) is 24.3 Å². The van der Waals surface area contributed by atoms with Crippen molar-refractivity contribution in [1.82, 2.24) is 20.6 Å². The van der Waals surface area contributed by atoms with Crippen LogP contribution in [0.3, 0.4) is 0 Å². The molecule has 2 N–H and O–H groups in total. The lowest BCUT2D eigenvalue weighted by molar-refractivity contribution is 0.0950. The highest BCUT2D eigenvalue weighted by Crippen LogP contribution is 2.17. The zero-order valence-electron chi connectivity index (χ0n) is 16.1. The highest BCUT2D eigenvalue weighted by molar-refractivity contribution is 5.99. The van der Waals surface area contributed by atoms with Gasteiger partial charge in [-0.2, -0.15) is 0 Å². The number of aromatic nitrogens is 2. The summed E-state index contributed by atoms with van der Waals surface area (Å²) in [6, 6.07) is 12.9. The molecule has 148 valence electrons. The van der Waals surface area contributed by atoms with Crippen molar-refractivity contribution >= 4 is 11.8 Å². The maximum atomic E-state index is 12.4. The molecule has 7 heteroatoms. The Bertz CT molecular complexity index is 977.